The van der Waals surface area contributed by atoms with E-state index in [4.69, 9.17) is 0 Å². The Kier molecular flexibility index (Phi) is 51.4. The summed E-state index contributed by atoms with van der Waals surface area (Å²) in [4.78, 5) is 0. The molecule has 10 heteroatoms. The molecule has 0 aliphatic heterocycles. The Balaban J connectivity index is 0.000000297. The smallest absolute Gasteiger partial charge is 0.0585 e. The van der Waals surface area contributed by atoms with E-state index in [0.29, 0.717) is 65.7 Å². The number of aliphatic hydroxyl groups excluding tert-OH is 5. The van der Waals surface area contributed by atoms with Gasteiger partial charge in [-0.1, -0.05) is 483 Å². The van der Waals surface area contributed by atoms with Crippen LogP contribution >= 0.6 is 42.9 Å². The van der Waals surface area contributed by atoms with E-state index in [2.05, 4.69) is 478 Å². The highest BCUT2D eigenvalue weighted by Crippen LogP contribution is 2.51. The van der Waals surface area contributed by atoms with Crippen molar-refractivity contribution in [2.75, 3.05) is 0 Å². The van der Waals surface area contributed by atoms with Crippen LogP contribution in [0, 0.1) is 77.8 Å². The van der Waals surface area contributed by atoms with Crippen molar-refractivity contribution in [3.05, 3.63) is 340 Å². The summed E-state index contributed by atoms with van der Waals surface area (Å²) < 4.78 is 0. The van der Waals surface area contributed by atoms with Crippen molar-refractivity contribution >= 4 is 42.9 Å². The predicted molar refractivity (Wildman–Crippen MR) is 637 cm³/mol. The van der Waals surface area contributed by atoms with Gasteiger partial charge in [0, 0.05) is 11.8 Å². The van der Waals surface area contributed by atoms with E-state index in [0.717, 1.165) is 87.8 Å². The number of aliphatic hydroxyl groups is 5. The van der Waals surface area contributed by atoms with Crippen molar-refractivity contribution in [1.82, 2.24) is 0 Å². The molecule has 14 atom stereocenters. The molecule has 774 valence electrons. The summed E-state index contributed by atoms with van der Waals surface area (Å²) in [5.41, 5.74) is 29.7. The minimum atomic E-state index is -0.184. The second kappa shape index (κ2) is 57.7. The fourth-order valence-electron chi connectivity index (χ4n) is 23.1. The number of rotatable bonds is 26. The Bertz CT molecular complexity index is 4950. The average Bonchev–Trinajstić information content (AvgIpc) is 0.808. The first-order valence-corrected chi connectivity index (χ1v) is 58.7. The molecule has 0 saturated heterocycles. The third-order valence-corrected chi connectivity index (χ3v) is 34.1. The van der Waals surface area contributed by atoms with Crippen LogP contribution in [0.2, 0.25) is 0 Å². The molecule has 10 rings (SSSR count). The quantitative estimate of drug-likeness (QED) is 0.0337. The minimum Gasteiger partial charge on any atom is -0.393 e. The Hall–Kier alpha value is -5.59. The average molecular weight is 2000 g/mol. The van der Waals surface area contributed by atoms with E-state index in [1.54, 1.807) is 11.1 Å². The minimum absolute atomic E-state index is 0.0711. The third-order valence-electron chi connectivity index (χ3n) is 30.4. The van der Waals surface area contributed by atoms with Gasteiger partial charge in [-0.05, 0) is 324 Å². The van der Waals surface area contributed by atoms with Gasteiger partial charge in [-0.15, -0.1) is 0 Å². The second-order valence-corrected chi connectivity index (χ2v) is 54.4. The van der Waals surface area contributed by atoms with E-state index in [9.17, 15) is 25.5 Å². The number of hydrogen-bond donors (Lipinski definition) is 5. The van der Waals surface area contributed by atoms with Crippen LogP contribution in [-0.4, -0.2) is 56.1 Å². The third kappa shape index (κ3) is 42.0. The molecule has 140 heavy (non-hydrogen) atoms. The van der Waals surface area contributed by atoms with Crippen molar-refractivity contribution in [1.29, 1.82) is 0 Å². The number of hydrogen-bond acceptors (Lipinski definition) is 5. The van der Waals surface area contributed by atoms with Crippen LogP contribution in [-0.2, 0) is 0 Å². The van der Waals surface area contributed by atoms with Gasteiger partial charge in [-0.3, -0.25) is 0 Å². The fourth-order valence-corrected chi connectivity index (χ4v) is 26.4. The number of allylic oxidation sites excluding steroid dienone is 43. The van der Waals surface area contributed by atoms with E-state index in [-0.39, 0.29) is 68.4 Å². The molecule has 0 amide bonds. The van der Waals surface area contributed by atoms with Crippen molar-refractivity contribution in [3.8, 4) is 0 Å². The molecule has 0 fully saturated rings. The van der Waals surface area contributed by atoms with Gasteiger partial charge in [0.25, 0.3) is 0 Å². The Labute approximate surface area is 868 Å². The summed E-state index contributed by atoms with van der Waals surface area (Å²) in [5.74, 6) is 25.5. The van der Waals surface area contributed by atoms with Crippen LogP contribution in [0.3, 0.4) is 0 Å². The van der Waals surface area contributed by atoms with Crippen LogP contribution in [0.25, 0.3) is 0 Å². The summed E-state index contributed by atoms with van der Waals surface area (Å²) in [6.45, 7) is 80.7. The second-order valence-electron chi connectivity index (χ2n) is 49.4. The molecule has 0 radical (unpaired) electrons. The summed E-state index contributed by atoms with van der Waals surface area (Å²) in [6, 6.07) is 0. The lowest BCUT2D eigenvalue weighted by molar-refractivity contribution is 0.116. The first-order valence-electron chi connectivity index (χ1n) is 52.9. The zero-order valence-corrected chi connectivity index (χ0v) is 99.9. The van der Waals surface area contributed by atoms with Crippen LogP contribution in [0.4, 0.5) is 0 Å². The maximum absolute atomic E-state index is 9.99. The first kappa shape index (κ1) is 125. The zero-order chi connectivity index (χ0) is 105. The van der Waals surface area contributed by atoms with E-state index in [1.165, 1.54) is 139 Å². The predicted octanol–water partition coefficient (Wildman–Crippen LogP) is 39.0. The summed E-state index contributed by atoms with van der Waals surface area (Å²) >= 11 is 0. The van der Waals surface area contributed by atoms with Gasteiger partial charge in [0.15, 0.2) is 0 Å². The highest BCUT2D eigenvalue weighted by molar-refractivity contribution is 7.46. The molecule has 6 unspecified atom stereocenters. The van der Waals surface area contributed by atoms with Crippen molar-refractivity contribution in [2.45, 2.75) is 389 Å². The highest BCUT2D eigenvalue weighted by Gasteiger charge is 2.39. The monoisotopic (exact) mass is 2000 g/mol. The van der Waals surface area contributed by atoms with Crippen molar-refractivity contribution in [3.63, 3.8) is 0 Å². The van der Waals surface area contributed by atoms with E-state index >= 15 is 0 Å². The van der Waals surface area contributed by atoms with Gasteiger partial charge in [-0.2, -0.15) is 0 Å². The van der Waals surface area contributed by atoms with E-state index < -0.39 is 0 Å². The lowest BCUT2D eigenvalue weighted by Crippen LogP contribution is -2.29. The lowest BCUT2D eigenvalue weighted by atomic mass is 9.67. The normalized spacial score (nSPS) is 27.6. The van der Waals surface area contributed by atoms with Gasteiger partial charge in [-0.25, -0.2) is 0 Å². The molecular weight excluding hydrogens is 1800 g/mol. The van der Waals surface area contributed by atoms with Gasteiger partial charge in [0.2, 0.25) is 0 Å². The first-order chi connectivity index (χ1) is 65.1. The van der Waals surface area contributed by atoms with Gasteiger partial charge in [0.05, 0.1) is 30.5 Å². The van der Waals surface area contributed by atoms with Gasteiger partial charge >= 0.3 is 0 Å². The topological polar surface area (TPSA) is 101 Å². The van der Waals surface area contributed by atoms with Crippen molar-refractivity contribution < 1.29 is 25.5 Å². The summed E-state index contributed by atoms with van der Waals surface area (Å²) in [7, 11) is 3.55. The molecule has 0 spiro atoms. The standard InChI is InChI=1S/3C22H35OP.2C22H33OP.C20H28/c5*1-16-8-7-11-21(3,4)19(16)9-12-24-13-10-20-17(2)14-18(23)15-22(20,5)6;1-17(2)11-9-15-19(5)13-7-8-14-20(6)16-10-12-18(3)4/h9-10,12-13,18,23-24H,7-8,11,14-15H2,1-6H3;8-10,12-13,18-19,23-24H,7,11,14-15H2,1-6H3;7-10,12-13,16,18-19,23-24H,11,14-15H2,1-6H3;7-10,12-13,18,23-24H,11,14-15H2,1-6H3;7-13,18-19,23-24H,14-15H2,1-6H3;7-16H,1-6H3/b;;;;;8-7+,15-9+,16-10+,19-13+,20-14+/t18-;18-,19+;16?,18-,19+;18-;18-,19+;/m11111./s1. The van der Waals surface area contributed by atoms with Crippen LogP contribution in [0.15, 0.2) is 340 Å². The van der Waals surface area contributed by atoms with Gasteiger partial charge in [0.1, 0.15) is 0 Å². The molecule has 0 bridgehead atoms. The molecular formula is C130H199O5P5. The molecule has 5 nitrogen and oxygen atoms in total. The summed E-state index contributed by atoms with van der Waals surface area (Å²) in [5, 5.41) is 49.9. The molecule has 0 aromatic heterocycles. The van der Waals surface area contributed by atoms with Gasteiger partial charge < -0.3 is 25.5 Å². The highest BCUT2D eigenvalue weighted by atomic mass is 31.1. The Morgan fingerprint density at radius 3 is 1.02 bits per heavy atom. The lowest BCUT2D eigenvalue weighted by Gasteiger charge is -2.38. The molecule has 10 aliphatic rings. The van der Waals surface area contributed by atoms with Crippen LogP contribution in [0.1, 0.15) is 358 Å². The maximum atomic E-state index is 9.99. The SMILES string of the molecule is CC(C)=C/C=C/C(C)=C/C=C/C=C(C)/C=C/C=C(C)C.CC1=C(C=CPC=CC2=C(C)C[C@@H](O)CC2(C)C)C(C)(C)CC=C1.CC1=C(C=CPC=CC2=C(C)C[C@@H](O)CC2(C)C)C(C)(C)CCC1.CC1=C(C=CPC=C[C@H]2C(C)C=CCC2(C)C)C(C)(C)C[C@H](O)C1.CC1=CC=CC(C)(C)[C@H]1C=CPC=CC1=C(C)C[C@@H](O)CC1(C)C.CC1=CCCC(C)(C)[C@H]1C=CPC=CC1=C(C)C[C@@H](O)CC1(C)C. The van der Waals surface area contributed by atoms with Crippen LogP contribution in [0.5, 0.6) is 0 Å². The largest absolute Gasteiger partial charge is 0.393 e. The Morgan fingerprint density at radius 2 is 0.693 bits per heavy atom. The molecule has 0 aromatic rings. The molecule has 5 N–H and O–H groups in total. The Morgan fingerprint density at radius 1 is 0.350 bits per heavy atom. The van der Waals surface area contributed by atoms with Crippen molar-refractivity contribution in [2.24, 2.45) is 77.8 Å². The zero-order valence-electron chi connectivity index (χ0n) is 94.9. The molecule has 0 saturated carbocycles. The van der Waals surface area contributed by atoms with Crippen LogP contribution < -0.4 is 0 Å². The molecule has 10 aliphatic carbocycles. The maximum Gasteiger partial charge on any atom is 0.0585 e. The molecule has 0 aromatic carbocycles. The summed E-state index contributed by atoms with van der Waals surface area (Å²) in [6.07, 6.45) is 78.9. The fraction of sp³-hybridized carbons (Fsp3) is 0.554. The molecule has 0 heterocycles. The van der Waals surface area contributed by atoms with E-state index in [1.807, 2.05) is 0 Å².